The molecule has 2 aliphatic carbocycles. The quantitative estimate of drug-likeness (QED) is 0.769. The molecule has 1 aromatic carbocycles. The molecule has 0 heterocycles. The minimum absolute atomic E-state index is 0.858. The van der Waals surface area contributed by atoms with E-state index in [-0.39, 0.29) is 0 Å². The normalized spacial score (nSPS) is 22.0. The molecular weight excluding hydrogens is 194 g/mol. The van der Waals surface area contributed by atoms with E-state index in [0.29, 0.717) is 0 Å². The summed E-state index contributed by atoms with van der Waals surface area (Å²) in [6.45, 7) is 1.24. The minimum Gasteiger partial charge on any atom is -0.314 e. The molecule has 1 nitrogen and oxygen atoms in total. The Balaban J connectivity index is 1.55. The highest BCUT2D eigenvalue weighted by atomic mass is 14.9. The summed E-state index contributed by atoms with van der Waals surface area (Å²) in [5, 5.41) is 3.70. The van der Waals surface area contributed by atoms with E-state index in [4.69, 9.17) is 0 Å². The van der Waals surface area contributed by atoms with E-state index in [1.165, 1.54) is 44.2 Å². The van der Waals surface area contributed by atoms with Gasteiger partial charge in [-0.3, -0.25) is 0 Å². The summed E-state index contributed by atoms with van der Waals surface area (Å²) < 4.78 is 0. The van der Waals surface area contributed by atoms with Gasteiger partial charge in [-0.2, -0.15) is 0 Å². The van der Waals surface area contributed by atoms with Crippen LogP contribution in [0.4, 0.5) is 0 Å². The maximum atomic E-state index is 3.70. The molecule has 0 spiro atoms. The summed E-state index contributed by atoms with van der Waals surface area (Å²) >= 11 is 0. The van der Waals surface area contributed by atoms with E-state index in [1.807, 2.05) is 0 Å². The first-order chi connectivity index (χ1) is 7.92. The van der Waals surface area contributed by atoms with Crippen LogP contribution in [-0.4, -0.2) is 12.6 Å². The predicted molar refractivity (Wildman–Crippen MR) is 67.4 cm³/mol. The molecule has 0 amide bonds. The van der Waals surface area contributed by atoms with Gasteiger partial charge in [0.1, 0.15) is 0 Å². The Kier molecular flexibility index (Phi) is 2.96. The first-order valence-electron chi connectivity index (χ1n) is 6.69. The first-order valence-corrected chi connectivity index (χ1v) is 6.69. The molecule has 2 saturated carbocycles. The Labute approximate surface area is 98.3 Å². The van der Waals surface area contributed by atoms with Crippen LogP contribution in [0.25, 0.3) is 0 Å². The molecule has 0 saturated heterocycles. The van der Waals surface area contributed by atoms with E-state index in [2.05, 4.69) is 35.6 Å². The van der Waals surface area contributed by atoms with Gasteiger partial charge in [-0.15, -0.1) is 0 Å². The third-order valence-corrected chi connectivity index (χ3v) is 3.88. The summed E-state index contributed by atoms with van der Waals surface area (Å²) in [5.41, 5.74) is 1.51. The SMILES string of the molecule is c1ccc(CC(CNC2CC2)C2CC2)cc1. The number of rotatable bonds is 6. The third-order valence-electron chi connectivity index (χ3n) is 3.88. The maximum absolute atomic E-state index is 3.70. The van der Waals surface area contributed by atoms with Gasteiger partial charge in [0.15, 0.2) is 0 Å². The van der Waals surface area contributed by atoms with Gasteiger partial charge < -0.3 is 5.32 Å². The second-order valence-corrected chi connectivity index (χ2v) is 5.47. The van der Waals surface area contributed by atoms with Crippen LogP contribution in [-0.2, 0) is 6.42 Å². The van der Waals surface area contributed by atoms with Crippen molar-refractivity contribution in [2.24, 2.45) is 11.8 Å². The Hall–Kier alpha value is -0.820. The van der Waals surface area contributed by atoms with Crippen LogP contribution in [0.1, 0.15) is 31.2 Å². The molecular formula is C15H21N. The number of benzene rings is 1. The van der Waals surface area contributed by atoms with Crippen LogP contribution in [0.5, 0.6) is 0 Å². The van der Waals surface area contributed by atoms with Crippen molar-refractivity contribution < 1.29 is 0 Å². The maximum Gasteiger partial charge on any atom is 0.00683 e. The molecule has 16 heavy (non-hydrogen) atoms. The van der Waals surface area contributed by atoms with E-state index < -0.39 is 0 Å². The molecule has 1 unspecified atom stereocenters. The van der Waals surface area contributed by atoms with Crippen molar-refractivity contribution in [2.45, 2.75) is 38.1 Å². The third kappa shape index (κ3) is 2.85. The fourth-order valence-corrected chi connectivity index (χ4v) is 2.50. The van der Waals surface area contributed by atoms with Crippen molar-refractivity contribution in [2.75, 3.05) is 6.54 Å². The van der Waals surface area contributed by atoms with Gasteiger partial charge in [-0.05, 0) is 56.0 Å². The standard InChI is InChI=1S/C15H21N/c1-2-4-12(5-3-1)10-14(13-6-7-13)11-16-15-8-9-15/h1-5,13-16H,6-11H2. The average molecular weight is 215 g/mol. The van der Waals surface area contributed by atoms with Crippen molar-refractivity contribution in [1.82, 2.24) is 5.32 Å². The molecule has 1 aromatic rings. The highest BCUT2D eigenvalue weighted by molar-refractivity contribution is 5.16. The summed E-state index contributed by atoms with van der Waals surface area (Å²) in [7, 11) is 0. The van der Waals surface area contributed by atoms with Crippen molar-refractivity contribution in [1.29, 1.82) is 0 Å². The van der Waals surface area contributed by atoms with Crippen LogP contribution < -0.4 is 5.32 Å². The second-order valence-electron chi connectivity index (χ2n) is 5.47. The van der Waals surface area contributed by atoms with Crippen molar-refractivity contribution in [3.05, 3.63) is 35.9 Å². The first kappa shape index (κ1) is 10.3. The van der Waals surface area contributed by atoms with E-state index >= 15 is 0 Å². The van der Waals surface area contributed by atoms with Crippen molar-refractivity contribution >= 4 is 0 Å². The van der Waals surface area contributed by atoms with E-state index in [9.17, 15) is 0 Å². The van der Waals surface area contributed by atoms with Gasteiger partial charge in [0.25, 0.3) is 0 Å². The molecule has 3 rings (SSSR count). The zero-order valence-corrected chi connectivity index (χ0v) is 9.86. The highest BCUT2D eigenvalue weighted by Crippen LogP contribution is 2.38. The monoisotopic (exact) mass is 215 g/mol. The fraction of sp³-hybridized carbons (Fsp3) is 0.600. The van der Waals surface area contributed by atoms with Gasteiger partial charge in [0.2, 0.25) is 0 Å². The summed E-state index contributed by atoms with van der Waals surface area (Å²) in [4.78, 5) is 0. The lowest BCUT2D eigenvalue weighted by atomic mass is 9.94. The Morgan fingerprint density at radius 1 is 1.06 bits per heavy atom. The van der Waals surface area contributed by atoms with Crippen LogP contribution in [0.3, 0.4) is 0 Å². The fourth-order valence-electron chi connectivity index (χ4n) is 2.50. The second kappa shape index (κ2) is 4.58. The summed E-state index contributed by atoms with van der Waals surface area (Å²) in [5.74, 6) is 1.88. The zero-order valence-electron chi connectivity index (χ0n) is 9.86. The molecule has 0 bridgehead atoms. The number of nitrogens with one attached hydrogen (secondary N) is 1. The Morgan fingerprint density at radius 3 is 2.44 bits per heavy atom. The van der Waals surface area contributed by atoms with Gasteiger partial charge in [0, 0.05) is 6.04 Å². The molecule has 1 atom stereocenters. The lowest BCUT2D eigenvalue weighted by Crippen LogP contribution is -2.27. The minimum atomic E-state index is 0.858. The smallest absolute Gasteiger partial charge is 0.00683 e. The Morgan fingerprint density at radius 2 is 1.81 bits per heavy atom. The van der Waals surface area contributed by atoms with E-state index in [0.717, 1.165) is 17.9 Å². The van der Waals surface area contributed by atoms with Gasteiger partial charge >= 0.3 is 0 Å². The van der Waals surface area contributed by atoms with Gasteiger partial charge in [-0.1, -0.05) is 30.3 Å². The summed E-state index contributed by atoms with van der Waals surface area (Å²) in [6.07, 6.45) is 7.00. The predicted octanol–water partition coefficient (Wildman–Crippen LogP) is 3.01. The van der Waals surface area contributed by atoms with Gasteiger partial charge in [-0.25, -0.2) is 0 Å². The van der Waals surface area contributed by atoms with Crippen molar-refractivity contribution in [3.8, 4) is 0 Å². The van der Waals surface area contributed by atoms with Crippen LogP contribution >= 0.6 is 0 Å². The van der Waals surface area contributed by atoms with Crippen LogP contribution in [0, 0.1) is 11.8 Å². The molecule has 1 heteroatoms. The number of hydrogen-bond acceptors (Lipinski definition) is 1. The molecule has 2 aliphatic rings. The lowest BCUT2D eigenvalue weighted by molar-refractivity contribution is 0.422. The zero-order chi connectivity index (χ0) is 10.8. The molecule has 0 aliphatic heterocycles. The lowest BCUT2D eigenvalue weighted by Gasteiger charge is -2.17. The molecule has 1 N–H and O–H groups in total. The molecule has 0 aromatic heterocycles. The summed E-state index contributed by atoms with van der Waals surface area (Å²) in [6, 6.07) is 11.8. The van der Waals surface area contributed by atoms with E-state index in [1.54, 1.807) is 0 Å². The Bertz CT molecular complexity index is 325. The average Bonchev–Trinajstić information content (AvgIpc) is 3.18. The number of hydrogen-bond donors (Lipinski definition) is 1. The van der Waals surface area contributed by atoms with Crippen LogP contribution in [0.2, 0.25) is 0 Å². The molecule has 2 fully saturated rings. The molecule has 0 radical (unpaired) electrons. The van der Waals surface area contributed by atoms with Crippen molar-refractivity contribution in [3.63, 3.8) is 0 Å². The highest BCUT2D eigenvalue weighted by Gasteiger charge is 2.32. The van der Waals surface area contributed by atoms with Crippen LogP contribution in [0.15, 0.2) is 30.3 Å². The topological polar surface area (TPSA) is 12.0 Å². The molecule has 86 valence electrons. The van der Waals surface area contributed by atoms with Gasteiger partial charge in [0.05, 0.1) is 0 Å². The largest absolute Gasteiger partial charge is 0.314 e.